The number of nitrogens with zero attached hydrogens (tertiary/aromatic N) is 4. The number of nitrogens with two attached hydrogens (primary N) is 1. The molecule has 6 heteroatoms. The molecule has 0 bridgehead atoms. The van der Waals surface area contributed by atoms with E-state index in [9.17, 15) is 0 Å². The Labute approximate surface area is 131 Å². The molecule has 2 aromatic rings. The third kappa shape index (κ3) is 3.43. The van der Waals surface area contributed by atoms with Crippen LogP contribution in [0, 0.1) is 5.92 Å². The van der Waals surface area contributed by atoms with Gasteiger partial charge in [0, 0.05) is 62.4 Å². The van der Waals surface area contributed by atoms with E-state index in [1.165, 1.54) is 5.56 Å². The molecular formula is C15H22ClN5. The second-order valence-electron chi connectivity index (χ2n) is 5.75. The Balaban J connectivity index is 0.00000161. The van der Waals surface area contributed by atoms with Gasteiger partial charge in [-0.1, -0.05) is 6.92 Å². The minimum absolute atomic E-state index is 0. The van der Waals surface area contributed by atoms with Crippen LogP contribution in [0.2, 0.25) is 0 Å². The molecule has 0 amide bonds. The molecule has 0 radical (unpaired) electrons. The zero-order chi connectivity index (χ0) is 14.1. The molecule has 0 aromatic carbocycles. The van der Waals surface area contributed by atoms with Gasteiger partial charge in [0.15, 0.2) is 0 Å². The molecule has 2 atom stereocenters. The summed E-state index contributed by atoms with van der Waals surface area (Å²) in [5.41, 5.74) is 9.43. The van der Waals surface area contributed by atoms with Gasteiger partial charge in [-0.25, -0.2) is 0 Å². The van der Waals surface area contributed by atoms with Crippen molar-refractivity contribution in [2.24, 2.45) is 18.7 Å². The fourth-order valence-electron chi connectivity index (χ4n) is 2.86. The summed E-state index contributed by atoms with van der Waals surface area (Å²) >= 11 is 0. The molecule has 1 aliphatic heterocycles. The summed E-state index contributed by atoms with van der Waals surface area (Å²) in [7, 11) is 1.96. The zero-order valence-corrected chi connectivity index (χ0v) is 13.3. The molecule has 0 aliphatic carbocycles. The van der Waals surface area contributed by atoms with Crippen molar-refractivity contribution in [3.8, 4) is 11.3 Å². The normalized spacial score (nSPS) is 22.2. The molecule has 2 aromatic heterocycles. The fraction of sp³-hybridized carbons (Fsp3) is 0.467. The van der Waals surface area contributed by atoms with Gasteiger partial charge in [0.2, 0.25) is 0 Å². The lowest BCUT2D eigenvalue weighted by Crippen LogP contribution is -2.28. The average Bonchev–Trinajstić information content (AvgIpc) is 2.94. The highest BCUT2D eigenvalue weighted by Gasteiger charge is 2.27. The zero-order valence-electron chi connectivity index (χ0n) is 12.4. The highest BCUT2D eigenvalue weighted by atomic mass is 35.5. The molecular weight excluding hydrogens is 286 g/mol. The monoisotopic (exact) mass is 307 g/mol. The minimum atomic E-state index is 0. The molecule has 2 unspecified atom stereocenters. The third-order valence-electron chi connectivity index (χ3n) is 3.98. The van der Waals surface area contributed by atoms with Crippen LogP contribution in [0.25, 0.3) is 11.3 Å². The Morgan fingerprint density at radius 3 is 2.81 bits per heavy atom. The maximum Gasteiger partial charge on any atom is 0.0983 e. The van der Waals surface area contributed by atoms with E-state index in [4.69, 9.17) is 5.73 Å². The molecule has 5 nitrogen and oxygen atoms in total. The number of rotatable bonds is 3. The standard InChI is InChI=1S/C15H21N5.ClH/c1-11-7-20(10-14(11)16)9-13-8-19(2)18-15(13)12-4-3-5-17-6-12;/h3-6,8,11,14H,7,9-10,16H2,1-2H3;1H. The van der Waals surface area contributed by atoms with Crippen molar-refractivity contribution in [1.29, 1.82) is 0 Å². The lowest BCUT2D eigenvalue weighted by Gasteiger charge is -2.14. The van der Waals surface area contributed by atoms with Gasteiger partial charge in [0.05, 0.1) is 5.69 Å². The quantitative estimate of drug-likeness (QED) is 0.937. The number of halogens is 1. The Bertz CT molecular complexity index is 573. The van der Waals surface area contributed by atoms with Gasteiger partial charge in [-0.15, -0.1) is 12.4 Å². The van der Waals surface area contributed by atoms with Gasteiger partial charge in [0.1, 0.15) is 0 Å². The Hall–Kier alpha value is -1.43. The smallest absolute Gasteiger partial charge is 0.0983 e. The van der Waals surface area contributed by atoms with Crippen LogP contribution >= 0.6 is 12.4 Å². The Morgan fingerprint density at radius 2 is 2.19 bits per heavy atom. The molecule has 0 saturated carbocycles. The first-order valence-electron chi connectivity index (χ1n) is 7.04. The first-order valence-corrected chi connectivity index (χ1v) is 7.04. The second kappa shape index (κ2) is 6.56. The Kier molecular flexibility index (Phi) is 4.98. The van der Waals surface area contributed by atoms with E-state index in [-0.39, 0.29) is 18.4 Å². The number of pyridine rings is 1. The first kappa shape index (κ1) is 15.9. The number of likely N-dealkylation sites (tertiary alicyclic amines) is 1. The lowest BCUT2D eigenvalue weighted by molar-refractivity contribution is 0.319. The summed E-state index contributed by atoms with van der Waals surface area (Å²) in [6.45, 7) is 5.14. The van der Waals surface area contributed by atoms with E-state index in [0.29, 0.717) is 5.92 Å². The molecule has 1 saturated heterocycles. The summed E-state index contributed by atoms with van der Waals surface area (Å²) in [4.78, 5) is 6.59. The summed E-state index contributed by atoms with van der Waals surface area (Å²) in [6, 6.07) is 4.28. The van der Waals surface area contributed by atoms with Crippen molar-refractivity contribution in [3.05, 3.63) is 36.3 Å². The molecule has 1 fully saturated rings. The number of aryl methyl sites for hydroxylation is 1. The molecule has 2 N–H and O–H groups in total. The fourth-order valence-corrected chi connectivity index (χ4v) is 2.86. The molecule has 21 heavy (non-hydrogen) atoms. The van der Waals surface area contributed by atoms with Crippen LogP contribution < -0.4 is 5.73 Å². The SMILES string of the molecule is CC1CN(Cc2cn(C)nc2-c2cccnc2)CC1N.Cl. The van der Waals surface area contributed by atoms with E-state index in [0.717, 1.165) is 30.9 Å². The molecule has 114 valence electrons. The average molecular weight is 308 g/mol. The van der Waals surface area contributed by atoms with Crippen LogP contribution in [0.15, 0.2) is 30.7 Å². The first-order chi connectivity index (χ1) is 9.63. The highest BCUT2D eigenvalue weighted by Crippen LogP contribution is 2.24. The van der Waals surface area contributed by atoms with Gasteiger partial charge in [-0.3, -0.25) is 14.6 Å². The van der Waals surface area contributed by atoms with Crippen molar-refractivity contribution in [2.45, 2.75) is 19.5 Å². The molecule has 1 aliphatic rings. The number of hydrogen-bond donors (Lipinski definition) is 1. The van der Waals surface area contributed by atoms with Crippen LogP contribution in [-0.2, 0) is 13.6 Å². The summed E-state index contributed by atoms with van der Waals surface area (Å²) in [5, 5.41) is 4.58. The molecule has 3 rings (SSSR count). The van der Waals surface area contributed by atoms with Crippen molar-refractivity contribution in [1.82, 2.24) is 19.7 Å². The van der Waals surface area contributed by atoms with Crippen LogP contribution in [0.4, 0.5) is 0 Å². The highest BCUT2D eigenvalue weighted by molar-refractivity contribution is 5.85. The second-order valence-corrected chi connectivity index (χ2v) is 5.75. The van der Waals surface area contributed by atoms with E-state index in [1.807, 2.05) is 24.0 Å². The maximum atomic E-state index is 6.10. The summed E-state index contributed by atoms with van der Waals surface area (Å²) in [5.74, 6) is 0.563. The minimum Gasteiger partial charge on any atom is -0.326 e. The van der Waals surface area contributed by atoms with E-state index < -0.39 is 0 Å². The summed E-state index contributed by atoms with van der Waals surface area (Å²) in [6.07, 6.45) is 5.74. The van der Waals surface area contributed by atoms with Gasteiger partial charge in [0.25, 0.3) is 0 Å². The third-order valence-corrected chi connectivity index (χ3v) is 3.98. The topological polar surface area (TPSA) is 60.0 Å². The van der Waals surface area contributed by atoms with Crippen LogP contribution in [0.5, 0.6) is 0 Å². The van der Waals surface area contributed by atoms with Crippen molar-refractivity contribution in [2.75, 3.05) is 13.1 Å². The predicted molar refractivity (Wildman–Crippen MR) is 86.1 cm³/mol. The van der Waals surface area contributed by atoms with Crippen molar-refractivity contribution >= 4 is 12.4 Å². The van der Waals surface area contributed by atoms with Gasteiger partial charge < -0.3 is 5.73 Å². The predicted octanol–water partition coefficient (Wildman–Crippen LogP) is 1.68. The molecule has 0 spiro atoms. The largest absolute Gasteiger partial charge is 0.326 e. The summed E-state index contributed by atoms with van der Waals surface area (Å²) < 4.78 is 1.87. The van der Waals surface area contributed by atoms with E-state index in [2.05, 4.69) is 34.2 Å². The maximum absolute atomic E-state index is 6.10. The van der Waals surface area contributed by atoms with Crippen molar-refractivity contribution in [3.63, 3.8) is 0 Å². The van der Waals surface area contributed by atoms with Crippen molar-refractivity contribution < 1.29 is 0 Å². The van der Waals surface area contributed by atoms with Crippen LogP contribution in [-0.4, -0.2) is 38.8 Å². The molecule has 3 heterocycles. The van der Waals surface area contributed by atoms with Gasteiger partial charge >= 0.3 is 0 Å². The number of aromatic nitrogens is 3. The van der Waals surface area contributed by atoms with E-state index in [1.54, 1.807) is 6.20 Å². The van der Waals surface area contributed by atoms with Gasteiger partial charge in [-0.2, -0.15) is 5.10 Å². The van der Waals surface area contributed by atoms with E-state index >= 15 is 0 Å². The lowest BCUT2D eigenvalue weighted by atomic mass is 10.1. The van der Waals surface area contributed by atoms with Crippen LogP contribution in [0.1, 0.15) is 12.5 Å². The Morgan fingerprint density at radius 1 is 1.38 bits per heavy atom. The number of hydrogen-bond acceptors (Lipinski definition) is 4. The van der Waals surface area contributed by atoms with Crippen LogP contribution in [0.3, 0.4) is 0 Å². The van der Waals surface area contributed by atoms with Gasteiger partial charge in [-0.05, 0) is 18.1 Å².